The van der Waals surface area contributed by atoms with E-state index in [-0.39, 0.29) is 17.3 Å². The molecule has 0 amide bonds. The van der Waals surface area contributed by atoms with Crippen LogP contribution in [-0.4, -0.2) is 32.3 Å². The van der Waals surface area contributed by atoms with Gasteiger partial charge in [-0.05, 0) is 50.5 Å². The number of nitrogens with two attached hydrogens (primary N) is 1. The molecule has 1 unspecified atom stereocenters. The quantitative estimate of drug-likeness (QED) is 0.701. The molecule has 0 saturated carbocycles. The molecule has 154 valence electrons. The molecule has 1 aliphatic rings. The number of aromatic nitrogens is 2. The van der Waals surface area contributed by atoms with Crippen molar-refractivity contribution in [1.29, 1.82) is 0 Å². The molecule has 2 rings (SSSR count). The first-order chi connectivity index (χ1) is 12.2. The topological polar surface area (TPSA) is 109 Å². The zero-order valence-electron chi connectivity index (χ0n) is 16.7. The van der Waals surface area contributed by atoms with Gasteiger partial charge in [-0.2, -0.15) is 4.98 Å². The number of hydrogen-bond donors (Lipinski definition) is 2. The van der Waals surface area contributed by atoms with Crippen LogP contribution in [0.15, 0.2) is 17.1 Å². The smallest absolute Gasteiger partial charge is 0.351 e. The normalized spacial score (nSPS) is 26.1. The van der Waals surface area contributed by atoms with Crippen LogP contribution in [0, 0.1) is 5.41 Å². The zero-order chi connectivity index (χ0) is 20.6. The molecular weight excluding hydrogens is 389 g/mol. The Morgan fingerprint density at radius 3 is 2.56 bits per heavy atom. The third-order valence-corrected chi connectivity index (χ3v) is 5.61. The molecular formula is C17H30N3O5PS. The van der Waals surface area contributed by atoms with E-state index in [4.69, 9.17) is 31.3 Å². The molecule has 3 N–H and O–H groups in total. The minimum Gasteiger partial charge on any atom is -0.383 e. The molecule has 4 atom stereocenters. The Bertz CT molecular complexity index is 771. The van der Waals surface area contributed by atoms with Gasteiger partial charge in [0.1, 0.15) is 12.0 Å². The molecule has 0 aliphatic carbocycles. The first-order valence-electron chi connectivity index (χ1n) is 8.87. The molecule has 1 saturated heterocycles. The van der Waals surface area contributed by atoms with Crippen molar-refractivity contribution in [3.05, 3.63) is 22.7 Å². The number of hydrogen-bond acceptors (Lipinski definition) is 7. The van der Waals surface area contributed by atoms with E-state index in [1.807, 2.05) is 0 Å². The molecule has 27 heavy (non-hydrogen) atoms. The number of ether oxygens (including phenoxy) is 1. The molecule has 0 radical (unpaired) electrons. The summed E-state index contributed by atoms with van der Waals surface area (Å²) in [6, 6.07) is 1.54. The molecule has 1 aromatic rings. The van der Waals surface area contributed by atoms with E-state index >= 15 is 0 Å². The first-order valence-corrected chi connectivity index (χ1v) is 11.5. The maximum Gasteiger partial charge on any atom is 0.351 e. The van der Waals surface area contributed by atoms with Gasteiger partial charge in [-0.1, -0.05) is 20.8 Å². The lowest BCUT2D eigenvalue weighted by Gasteiger charge is -2.31. The van der Waals surface area contributed by atoms with Crippen molar-refractivity contribution in [1.82, 2.24) is 9.55 Å². The predicted molar refractivity (Wildman–Crippen MR) is 108 cm³/mol. The zero-order valence-corrected chi connectivity index (χ0v) is 18.4. The molecule has 0 spiro atoms. The van der Waals surface area contributed by atoms with Crippen molar-refractivity contribution >= 4 is 24.3 Å². The largest absolute Gasteiger partial charge is 0.383 e. The van der Waals surface area contributed by atoms with Crippen LogP contribution in [0.1, 0.15) is 60.6 Å². The Morgan fingerprint density at radius 2 is 2.04 bits per heavy atom. The van der Waals surface area contributed by atoms with E-state index in [0.717, 1.165) is 0 Å². The Labute approximate surface area is 165 Å². The van der Waals surface area contributed by atoms with Gasteiger partial charge >= 0.3 is 12.4 Å². The van der Waals surface area contributed by atoms with Gasteiger partial charge in [-0.15, -0.1) is 0 Å². The third kappa shape index (κ3) is 6.93. The van der Waals surface area contributed by atoms with Gasteiger partial charge in [-0.25, -0.2) is 4.79 Å². The SMILES string of the molecule is CC(C)(C)C[C@H]1O[C@@H](n2ccc(N)nc2=O)C[C@H]1OP(O)(=S)OC(C)(C)C. The Morgan fingerprint density at radius 1 is 1.41 bits per heavy atom. The van der Waals surface area contributed by atoms with E-state index in [1.165, 1.54) is 10.6 Å². The van der Waals surface area contributed by atoms with Crippen LogP contribution in [0.5, 0.6) is 0 Å². The summed E-state index contributed by atoms with van der Waals surface area (Å²) in [4.78, 5) is 26.4. The second kappa shape index (κ2) is 7.89. The van der Waals surface area contributed by atoms with Crippen molar-refractivity contribution in [3.8, 4) is 0 Å². The average Bonchev–Trinajstić information content (AvgIpc) is 2.75. The summed E-state index contributed by atoms with van der Waals surface area (Å²) in [6.45, 7) is 8.17. The fraction of sp³-hybridized carbons (Fsp3) is 0.765. The standard InChI is InChI=1S/C17H30N3O5PS/c1-16(2,3)10-12-11(24-26(22,27)25-17(4,5)6)9-14(23-12)20-8-7-13(18)19-15(20)21/h7-8,11-12,14H,9-10H2,1-6H3,(H,22,27)(H2,18,19,21)/t11-,12-,14-,26?/m1/s1. The number of nitrogen functional groups attached to an aromatic ring is 1. The van der Waals surface area contributed by atoms with Gasteiger partial charge in [0.15, 0.2) is 0 Å². The van der Waals surface area contributed by atoms with Crippen LogP contribution in [0.3, 0.4) is 0 Å². The second-order valence-electron chi connectivity index (χ2n) is 8.99. The minimum absolute atomic E-state index is 0.0472. The summed E-state index contributed by atoms with van der Waals surface area (Å²) in [7, 11) is 0. The van der Waals surface area contributed by atoms with Crippen LogP contribution in [-0.2, 0) is 25.6 Å². The number of nitrogens with zero attached hydrogens (tertiary/aromatic N) is 2. The lowest BCUT2D eigenvalue weighted by molar-refractivity contribution is -0.0388. The molecule has 1 fully saturated rings. The van der Waals surface area contributed by atoms with Crippen LogP contribution in [0.4, 0.5) is 5.82 Å². The van der Waals surface area contributed by atoms with Gasteiger partial charge in [0, 0.05) is 12.6 Å². The minimum atomic E-state index is -3.47. The van der Waals surface area contributed by atoms with Crippen LogP contribution in [0.2, 0.25) is 0 Å². The molecule has 0 bridgehead atoms. The van der Waals surface area contributed by atoms with Crippen molar-refractivity contribution in [3.63, 3.8) is 0 Å². The van der Waals surface area contributed by atoms with E-state index in [2.05, 4.69) is 25.8 Å². The average molecular weight is 419 g/mol. The lowest BCUT2D eigenvalue weighted by atomic mass is 9.87. The van der Waals surface area contributed by atoms with E-state index in [9.17, 15) is 9.69 Å². The van der Waals surface area contributed by atoms with Gasteiger partial charge in [-0.3, -0.25) is 4.57 Å². The Kier molecular flexibility index (Phi) is 6.56. The highest BCUT2D eigenvalue weighted by atomic mass is 32.5. The molecule has 1 aliphatic heterocycles. The van der Waals surface area contributed by atoms with Gasteiger partial charge in [0.25, 0.3) is 0 Å². The third-order valence-electron chi connectivity index (χ3n) is 3.81. The van der Waals surface area contributed by atoms with Crippen LogP contribution < -0.4 is 11.4 Å². The van der Waals surface area contributed by atoms with Crippen molar-refractivity contribution in [2.75, 3.05) is 5.73 Å². The van der Waals surface area contributed by atoms with Crippen molar-refractivity contribution in [2.24, 2.45) is 5.41 Å². The molecule has 8 nitrogen and oxygen atoms in total. The van der Waals surface area contributed by atoms with Gasteiger partial charge < -0.3 is 24.4 Å². The maximum absolute atomic E-state index is 12.2. The Hall–Kier alpha value is -0.830. The first kappa shape index (κ1) is 22.5. The number of anilines is 1. The molecule has 2 heterocycles. The van der Waals surface area contributed by atoms with Crippen molar-refractivity contribution < 1.29 is 18.7 Å². The highest BCUT2D eigenvalue weighted by Gasteiger charge is 2.42. The molecule has 10 heteroatoms. The van der Waals surface area contributed by atoms with Gasteiger partial charge in [0.2, 0.25) is 0 Å². The predicted octanol–water partition coefficient (Wildman–Crippen LogP) is 2.97. The van der Waals surface area contributed by atoms with E-state index in [1.54, 1.807) is 27.0 Å². The Balaban J connectivity index is 2.24. The molecule has 0 aromatic carbocycles. The highest BCUT2D eigenvalue weighted by Crippen LogP contribution is 2.52. The molecule has 1 aromatic heterocycles. The van der Waals surface area contributed by atoms with Crippen molar-refractivity contribution in [2.45, 2.75) is 78.4 Å². The maximum atomic E-state index is 12.2. The van der Waals surface area contributed by atoms with E-state index in [0.29, 0.717) is 12.8 Å². The van der Waals surface area contributed by atoms with Gasteiger partial charge in [0.05, 0.1) is 17.8 Å². The summed E-state index contributed by atoms with van der Waals surface area (Å²) in [5.41, 5.74) is 4.38. The van der Waals surface area contributed by atoms with Crippen LogP contribution >= 0.6 is 6.72 Å². The summed E-state index contributed by atoms with van der Waals surface area (Å²) in [6.07, 6.45) is 1.13. The summed E-state index contributed by atoms with van der Waals surface area (Å²) in [5.74, 6) is 0.151. The van der Waals surface area contributed by atoms with E-state index < -0.39 is 30.3 Å². The summed E-state index contributed by atoms with van der Waals surface area (Å²) < 4.78 is 18.8. The second-order valence-corrected chi connectivity index (χ2v) is 11.7. The summed E-state index contributed by atoms with van der Waals surface area (Å²) >= 11 is 5.19. The fourth-order valence-corrected chi connectivity index (χ4v) is 5.25. The summed E-state index contributed by atoms with van der Waals surface area (Å²) in [5, 5.41) is 0. The fourth-order valence-electron chi connectivity index (χ4n) is 2.95. The highest BCUT2D eigenvalue weighted by molar-refractivity contribution is 8.07. The number of rotatable bonds is 5. The lowest BCUT2D eigenvalue weighted by Crippen LogP contribution is -2.29. The van der Waals surface area contributed by atoms with Crippen LogP contribution in [0.25, 0.3) is 0 Å². The monoisotopic (exact) mass is 419 g/mol.